The minimum atomic E-state index is -4.64. The van der Waals surface area contributed by atoms with Crippen LogP contribution in [0.25, 0.3) is 0 Å². The Balaban J connectivity index is 1.89. The molecule has 0 spiro atoms. The molecule has 0 aliphatic carbocycles. The van der Waals surface area contributed by atoms with E-state index >= 15 is 0 Å². The van der Waals surface area contributed by atoms with Crippen LogP contribution in [0.15, 0.2) is 43.1 Å². The fourth-order valence-corrected chi connectivity index (χ4v) is 4.93. The molecule has 3 rings (SSSR count). The number of ether oxygens (including phenoxy) is 1. The molecule has 206 valence electrons. The number of piperazine rings is 1. The summed E-state index contributed by atoms with van der Waals surface area (Å²) in [6.07, 6.45) is 4.20. The van der Waals surface area contributed by atoms with E-state index < -0.39 is 21.8 Å². The van der Waals surface area contributed by atoms with Crippen LogP contribution in [-0.2, 0) is 24.2 Å². The Bertz CT molecular complexity index is 1100. The van der Waals surface area contributed by atoms with Gasteiger partial charge in [0, 0.05) is 31.6 Å². The summed E-state index contributed by atoms with van der Waals surface area (Å²) in [5.41, 5.74) is 0.306. The molecule has 1 N–H and O–H groups in total. The number of rotatable bonds is 10. The number of aromatic nitrogens is 1. The second-order valence-corrected chi connectivity index (χ2v) is 14.6. The number of allylic oxidation sites excluding steroid dienone is 1. The molecule has 0 atom stereocenters. The first-order valence-corrected chi connectivity index (χ1v) is 15.0. The van der Waals surface area contributed by atoms with Crippen LogP contribution in [0.4, 0.5) is 23.4 Å². The maximum atomic E-state index is 14.2. The predicted octanol–water partition coefficient (Wildman–Crippen LogP) is 4.64. The number of benzene rings is 1. The Labute approximate surface area is 217 Å². The quantitative estimate of drug-likeness (QED) is 0.205. The average Bonchev–Trinajstić information content (AvgIpc) is 3.19. The van der Waals surface area contributed by atoms with Gasteiger partial charge in [-0.25, -0.2) is 24.1 Å². The largest absolute Gasteiger partial charge is 0.418 e. The van der Waals surface area contributed by atoms with Gasteiger partial charge in [0.05, 0.1) is 25.3 Å². The van der Waals surface area contributed by atoms with Gasteiger partial charge in [-0.2, -0.15) is 13.2 Å². The second kappa shape index (κ2) is 12.0. The molecule has 1 aromatic heterocycles. The molecule has 37 heavy (non-hydrogen) atoms. The maximum absolute atomic E-state index is 14.2. The van der Waals surface area contributed by atoms with Crippen molar-refractivity contribution >= 4 is 21.6 Å². The molecule has 2 heterocycles. The molecular weight excluding hydrogens is 508 g/mol. The number of anilines is 1. The summed E-state index contributed by atoms with van der Waals surface area (Å²) >= 11 is 0. The minimum Gasteiger partial charge on any atom is -0.360 e. The average molecular weight is 546 g/mol. The van der Waals surface area contributed by atoms with Crippen LogP contribution in [-0.4, -0.2) is 89.3 Å². The molecule has 1 saturated heterocycles. The standard InChI is InChI=1S/C26H37F4N4O2S/c1-6-23(33-13-11-32(12-14-33)17-20-7-9-21(27)10-8-20)24-22(26(28,29)30)18-34(25(24)31(2)35)19-36-15-16-37(3,4)5/h6-10,18,35H,1,11-17,19H2,2-5H3/q+1. The van der Waals surface area contributed by atoms with Crippen molar-refractivity contribution in [2.45, 2.75) is 19.5 Å². The molecule has 1 aromatic carbocycles. The monoisotopic (exact) mass is 545 g/mol. The fourth-order valence-electron chi connectivity index (χ4n) is 4.32. The zero-order valence-corrected chi connectivity index (χ0v) is 22.7. The van der Waals surface area contributed by atoms with E-state index in [0.717, 1.165) is 17.5 Å². The highest BCUT2D eigenvalue weighted by molar-refractivity contribution is 8.32. The number of hydroxylamine groups is 1. The lowest BCUT2D eigenvalue weighted by atomic mass is 10.1. The van der Waals surface area contributed by atoms with Crippen LogP contribution < -0.4 is 5.06 Å². The summed E-state index contributed by atoms with van der Waals surface area (Å²) < 4.78 is 64.6. The van der Waals surface area contributed by atoms with E-state index in [4.69, 9.17) is 4.74 Å². The van der Waals surface area contributed by atoms with Crippen molar-refractivity contribution in [2.24, 2.45) is 0 Å². The first kappa shape index (κ1) is 29.2. The number of halogens is 4. The Hall–Kier alpha value is -2.34. The molecule has 6 nitrogen and oxygen atoms in total. The van der Waals surface area contributed by atoms with Crippen LogP contribution >= 0.6 is 10.0 Å². The van der Waals surface area contributed by atoms with Gasteiger partial charge in [-0.15, -0.1) is 0 Å². The van der Waals surface area contributed by atoms with Crippen LogP contribution in [0.3, 0.4) is 0 Å². The lowest BCUT2D eigenvalue weighted by molar-refractivity contribution is -0.539. The summed E-state index contributed by atoms with van der Waals surface area (Å²) in [5, 5.41) is 11.1. The van der Waals surface area contributed by atoms with E-state index in [1.54, 1.807) is 12.1 Å². The molecule has 0 amide bonds. The van der Waals surface area contributed by atoms with E-state index in [1.165, 1.54) is 29.8 Å². The Morgan fingerprint density at radius 3 is 2.32 bits per heavy atom. The summed E-state index contributed by atoms with van der Waals surface area (Å²) in [4.78, 5) is 2.17. The summed E-state index contributed by atoms with van der Waals surface area (Å²) in [5.74, 6) is 0.527. The number of hydrogen-bond donors (Lipinski definition) is 1. The van der Waals surface area contributed by atoms with Gasteiger partial charge >= 0.3 is 6.18 Å². The molecule has 0 saturated carbocycles. The molecule has 0 radical (unpaired) electrons. The lowest BCUT2D eigenvalue weighted by Crippen LogP contribution is -2.43. The topological polar surface area (TPSA) is 43.9 Å². The molecule has 0 bridgehead atoms. The fraction of sp³-hybridized carbons (Fsp3) is 0.500. The highest BCUT2D eigenvalue weighted by atomic mass is 32.3. The number of hydrogen-bond acceptors (Lipinski definition) is 4. The molecule has 1 aliphatic rings. The molecular formula is C26H37F4N4O2S+. The van der Waals surface area contributed by atoms with Crippen molar-refractivity contribution in [3.8, 4) is 0 Å². The third kappa shape index (κ3) is 7.83. The number of nitrogens with zero attached hydrogens (tertiary/aromatic N) is 4. The number of alkyl halides is 3. The van der Waals surface area contributed by atoms with Gasteiger partial charge in [-0.3, -0.25) is 10.1 Å². The zero-order valence-electron chi connectivity index (χ0n) is 21.9. The second-order valence-electron chi connectivity index (χ2n) is 10.0. The summed E-state index contributed by atoms with van der Waals surface area (Å²) in [7, 11) is 0.493. The molecule has 11 heteroatoms. The van der Waals surface area contributed by atoms with Crippen molar-refractivity contribution in [1.82, 2.24) is 9.47 Å². The third-order valence-electron chi connectivity index (χ3n) is 6.21. The van der Waals surface area contributed by atoms with Crippen LogP contribution in [0.2, 0.25) is 0 Å². The highest BCUT2D eigenvalue weighted by Gasteiger charge is 2.41. The van der Waals surface area contributed by atoms with Crippen LogP contribution in [0.1, 0.15) is 16.7 Å². The Morgan fingerprint density at radius 2 is 1.81 bits per heavy atom. The normalized spacial score (nSPS) is 15.6. The van der Waals surface area contributed by atoms with Gasteiger partial charge in [0.1, 0.15) is 23.9 Å². The first-order chi connectivity index (χ1) is 17.3. The van der Waals surface area contributed by atoms with Gasteiger partial charge in [0.15, 0.2) is 13.1 Å². The summed E-state index contributed by atoms with van der Waals surface area (Å²) in [6.45, 7) is 6.91. The predicted molar refractivity (Wildman–Crippen MR) is 142 cm³/mol. The van der Waals surface area contributed by atoms with Crippen LogP contribution in [0, 0.1) is 5.82 Å². The van der Waals surface area contributed by atoms with Crippen molar-refractivity contribution in [2.75, 3.05) is 69.4 Å². The Kier molecular flexibility index (Phi) is 9.49. The highest BCUT2D eigenvalue weighted by Crippen LogP contribution is 2.39. The van der Waals surface area contributed by atoms with E-state index in [2.05, 4.69) is 30.2 Å². The zero-order chi connectivity index (χ0) is 27.4. The molecule has 2 aromatic rings. The van der Waals surface area contributed by atoms with Crippen molar-refractivity contribution in [3.05, 3.63) is 65.6 Å². The lowest BCUT2D eigenvalue weighted by Gasteiger charge is -2.26. The Morgan fingerprint density at radius 1 is 1.19 bits per heavy atom. The van der Waals surface area contributed by atoms with Gasteiger partial charge in [-0.05, 0) is 36.5 Å². The van der Waals surface area contributed by atoms with Gasteiger partial charge in [-0.1, -0.05) is 18.7 Å². The van der Waals surface area contributed by atoms with E-state index in [0.29, 0.717) is 50.1 Å². The van der Waals surface area contributed by atoms with Crippen LogP contribution in [0.5, 0.6) is 0 Å². The maximum Gasteiger partial charge on any atom is 0.418 e. The van der Waals surface area contributed by atoms with Crippen molar-refractivity contribution in [1.29, 1.82) is 0 Å². The van der Waals surface area contributed by atoms with E-state index in [9.17, 15) is 22.8 Å². The van der Waals surface area contributed by atoms with E-state index in [1.807, 2.05) is 4.58 Å². The minimum absolute atomic E-state index is 0.000859. The SMILES string of the molecule is C=CC(c1c(C(F)(F)F)cn(COCCS(C)(C)C)c1N(C)O)=[N+]1CCN(Cc2ccc(F)cc2)CC1. The smallest absolute Gasteiger partial charge is 0.360 e. The summed E-state index contributed by atoms with van der Waals surface area (Å²) in [6, 6.07) is 6.30. The van der Waals surface area contributed by atoms with Crippen molar-refractivity contribution < 1.29 is 32.1 Å². The van der Waals surface area contributed by atoms with Gasteiger partial charge in [0.25, 0.3) is 0 Å². The third-order valence-corrected chi connectivity index (χ3v) is 7.61. The van der Waals surface area contributed by atoms with E-state index in [-0.39, 0.29) is 23.9 Å². The molecule has 1 fully saturated rings. The molecule has 0 unspecified atom stereocenters. The molecule has 1 aliphatic heterocycles. The van der Waals surface area contributed by atoms with Gasteiger partial charge in [0.2, 0.25) is 5.71 Å². The van der Waals surface area contributed by atoms with Crippen molar-refractivity contribution in [3.63, 3.8) is 0 Å². The first-order valence-electron chi connectivity index (χ1n) is 12.0. The van der Waals surface area contributed by atoms with Gasteiger partial charge < -0.3 is 9.30 Å².